The van der Waals surface area contributed by atoms with Crippen molar-refractivity contribution in [3.8, 4) is 0 Å². The van der Waals surface area contributed by atoms with Gasteiger partial charge in [0.05, 0.1) is 13.2 Å². The van der Waals surface area contributed by atoms with E-state index in [0.717, 1.165) is 11.1 Å². The Labute approximate surface area is 127 Å². The van der Waals surface area contributed by atoms with Crippen molar-refractivity contribution in [2.45, 2.75) is 12.1 Å². The number of carboxylic acid groups (broad SMARTS) is 1. The lowest BCUT2D eigenvalue weighted by molar-refractivity contribution is -0.146. The standard InChI is InChI=1S/C16H14ClNO3/c17-12-5-7-13(8-6-12)18-16(15(19)20)10-21-9-11-3-1-2-4-14(11)16/h1-8,18H,9-10H2,(H,19,20). The van der Waals surface area contributed by atoms with E-state index in [1.165, 1.54) is 0 Å². The fraction of sp³-hybridized carbons (Fsp3) is 0.188. The van der Waals surface area contributed by atoms with Crippen molar-refractivity contribution < 1.29 is 14.6 Å². The lowest BCUT2D eigenvalue weighted by atomic mass is 9.85. The number of rotatable bonds is 3. The molecule has 2 N–H and O–H groups in total. The van der Waals surface area contributed by atoms with Crippen molar-refractivity contribution >= 4 is 23.3 Å². The highest BCUT2D eigenvalue weighted by Gasteiger charge is 2.44. The number of nitrogens with one attached hydrogen (secondary N) is 1. The number of aliphatic carboxylic acids is 1. The van der Waals surface area contributed by atoms with Gasteiger partial charge in [-0.1, -0.05) is 35.9 Å². The minimum atomic E-state index is -1.29. The van der Waals surface area contributed by atoms with E-state index in [4.69, 9.17) is 16.3 Å². The van der Waals surface area contributed by atoms with Gasteiger partial charge in [0.2, 0.25) is 0 Å². The molecule has 2 aromatic carbocycles. The third-order valence-corrected chi connectivity index (χ3v) is 3.87. The molecule has 0 bridgehead atoms. The fourth-order valence-corrected chi connectivity index (χ4v) is 2.69. The van der Waals surface area contributed by atoms with Gasteiger partial charge < -0.3 is 15.2 Å². The van der Waals surface area contributed by atoms with Gasteiger partial charge in [0.25, 0.3) is 0 Å². The van der Waals surface area contributed by atoms with Gasteiger partial charge in [-0.15, -0.1) is 0 Å². The average molecular weight is 304 g/mol. The van der Waals surface area contributed by atoms with Crippen LogP contribution in [0.3, 0.4) is 0 Å². The maximum Gasteiger partial charge on any atom is 0.336 e. The molecule has 2 aromatic rings. The lowest BCUT2D eigenvalue weighted by Gasteiger charge is -2.36. The molecule has 5 heteroatoms. The van der Waals surface area contributed by atoms with Crippen LogP contribution in [0.2, 0.25) is 5.02 Å². The highest BCUT2D eigenvalue weighted by atomic mass is 35.5. The van der Waals surface area contributed by atoms with Gasteiger partial charge in [-0.05, 0) is 35.4 Å². The van der Waals surface area contributed by atoms with Crippen molar-refractivity contribution in [1.29, 1.82) is 0 Å². The van der Waals surface area contributed by atoms with Crippen LogP contribution >= 0.6 is 11.6 Å². The van der Waals surface area contributed by atoms with E-state index in [9.17, 15) is 9.90 Å². The molecule has 108 valence electrons. The summed E-state index contributed by atoms with van der Waals surface area (Å²) in [4.78, 5) is 11.9. The Morgan fingerprint density at radius 2 is 1.90 bits per heavy atom. The van der Waals surface area contributed by atoms with E-state index < -0.39 is 11.5 Å². The first-order valence-electron chi connectivity index (χ1n) is 6.55. The number of carboxylic acids is 1. The Morgan fingerprint density at radius 3 is 2.62 bits per heavy atom. The van der Waals surface area contributed by atoms with Gasteiger partial charge in [-0.2, -0.15) is 0 Å². The fourth-order valence-electron chi connectivity index (χ4n) is 2.57. The van der Waals surface area contributed by atoms with Crippen molar-refractivity contribution in [2.24, 2.45) is 0 Å². The first-order valence-corrected chi connectivity index (χ1v) is 6.93. The van der Waals surface area contributed by atoms with Crippen LogP contribution in [0.25, 0.3) is 0 Å². The predicted octanol–water partition coefficient (Wildman–Crippen LogP) is 3.26. The summed E-state index contributed by atoms with van der Waals surface area (Å²) in [5.41, 5.74) is 1.01. The topological polar surface area (TPSA) is 58.6 Å². The summed E-state index contributed by atoms with van der Waals surface area (Å²) in [5, 5.41) is 13.5. The van der Waals surface area contributed by atoms with Gasteiger partial charge in [0, 0.05) is 10.7 Å². The Hall–Kier alpha value is -2.04. The molecule has 3 rings (SSSR count). The molecule has 1 heterocycles. The summed E-state index contributed by atoms with van der Waals surface area (Å²) < 4.78 is 5.50. The Bertz CT molecular complexity index is 671. The monoisotopic (exact) mass is 303 g/mol. The quantitative estimate of drug-likeness (QED) is 0.914. The van der Waals surface area contributed by atoms with Crippen molar-refractivity contribution in [3.63, 3.8) is 0 Å². The number of hydrogen-bond donors (Lipinski definition) is 2. The minimum absolute atomic E-state index is 0.0714. The van der Waals surface area contributed by atoms with Crippen LogP contribution in [0.1, 0.15) is 11.1 Å². The molecule has 0 radical (unpaired) electrons. The van der Waals surface area contributed by atoms with Crippen molar-refractivity contribution in [1.82, 2.24) is 0 Å². The first kappa shape index (κ1) is 13.9. The van der Waals surface area contributed by atoms with Gasteiger partial charge in [0.1, 0.15) is 0 Å². The van der Waals surface area contributed by atoms with E-state index in [1.807, 2.05) is 24.3 Å². The van der Waals surface area contributed by atoms with Crippen LogP contribution in [0.4, 0.5) is 5.69 Å². The second-order valence-electron chi connectivity index (χ2n) is 4.99. The third-order valence-electron chi connectivity index (χ3n) is 3.62. The predicted molar refractivity (Wildman–Crippen MR) is 80.5 cm³/mol. The summed E-state index contributed by atoms with van der Waals surface area (Å²) in [5.74, 6) is -0.968. The number of fused-ring (bicyclic) bond motifs is 1. The molecule has 0 saturated carbocycles. The zero-order valence-corrected chi connectivity index (χ0v) is 11.9. The Balaban J connectivity index is 2.05. The molecular formula is C16H14ClNO3. The summed E-state index contributed by atoms with van der Waals surface area (Å²) in [7, 11) is 0. The molecule has 4 nitrogen and oxygen atoms in total. The number of halogens is 1. The highest BCUT2D eigenvalue weighted by Crippen LogP contribution is 2.34. The smallest absolute Gasteiger partial charge is 0.336 e. The van der Waals surface area contributed by atoms with Gasteiger partial charge >= 0.3 is 5.97 Å². The lowest BCUT2D eigenvalue weighted by Crippen LogP contribution is -2.50. The van der Waals surface area contributed by atoms with Gasteiger partial charge in [0.15, 0.2) is 5.54 Å². The SMILES string of the molecule is O=C(O)C1(Nc2ccc(Cl)cc2)COCc2ccccc21. The van der Waals surface area contributed by atoms with E-state index in [2.05, 4.69) is 5.32 Å². The molecule has 1 aliphatic heterocycles. The van der Waals surface area contributed by atoms with E-state index >= 15 is 0 Å². The number of hydrogen-bond acceptors (Lipinski definition) is 3. The number of ether oxygens (including phenoxy) is 1. The highest BCUT2D eigenvalue weighted by molar-refractivity contribution is 6.30. The Kier molecular flexibility index (Phi) is 3.57. The zero-order valence-electron chi connectivity index (χ0n) is 11.2. The van der Waals surface area contributed by atoms with Crippen LogP contribution in [-0.4, -0.2) is 17.7 Å². The summed E-state index contributed by atoms with van der Waals surface area (Å²) >= 11 is 5.86. The molecule has 0 aromatic heterocycles. The van der Waals surface area contributed by atoms with Crippen LogP contribution in [0.5, 0.6) is 0 Å². The Morgan fingerprint density at radius 1 is 1.19 bits per heavy atom. The zero-order chi connectivity index (χ0) is 14.9. The van der Waals surface area contributed by atoms with Gasteiger partial charge in [-0.25, -0.2) is 4.79 Å². The maximum atomic E-state index is 11.9. The third kappa shape index (κ3) is 2.48. The van der Waals surface area contributed by atoms with Crippen molar-refractivity contribution in [2.75, 3.05) is 11.9 Å². The number of benzene rings is 2. The molecule has 0 fully saturated rings. The van der Waals surface area contributed by atoms with Gasteiger partial charge in [-0.3, -0.25) is 0 Å². The normalized spacial score (nSPS) is 20.6. The molecule has 0 spiro atoms. The van der Waals surface area contributed by atoms with Crippen LogP contribution < -0.4 is 5.32 Å². The number of anilines is 1. The van der Waals surface area contributed by atoms with E-state index in [-0.39, 0.29) is 6.61 Å². The molecule has 0 amide bonds. The molecule has 1 atom stereocenters. The summed E-state index contributed by atoms with van der Waals surface area (Å²) in [6.45, 7) is 0.496. The molecule has 21 heavy (non-hydrogen) atoms. The van der Waals surface area contributed by atoms with Crippen LogP contribution in [-0.2, 0) is 21.7 Å². The van der Waals surface area contributed by atoms with Crippen LogP contribution in [0, 0.1) is 0 Å². The van der Waals surface area contributed by atoms with E-state index in [0.29, 0.717) is 17.3 Å². The molecule has 0 saturated heterocycles. The second kappa shape index (κ2) is 5.39. The minimum Gasteiger partial charge on any atom is -0.479 e. The molecule has 1 aliphatic rings. The summed E-state index contributed by atoms with van der Waals surface area (Å²) in [6, 6.07) is 14.4. The van der Waals surface area contributed by atoms with Crippen molar-refractivity contribution in [3.05, 3.63) is 64.7 Å². The van der Waals surface area contributed by atoms with Crippen LogP contribution in [0.15, 0.2) is 48.5 Å². The number of carbonyl (C=O) groups is 1. The molecular weight excluding hydrogens is 290 g/mol. The summed E-state index contributed by atoms with van der Waals surface area (Å²) in [6.07, 6.45) is 0. The van der Waals surface area contributed by atoms with E-state index in [1.54, 1.807) is 24.3 Å². The second-order valence-corrected chi connectivity index (χ2v) is 5.43. The largest absolute Gasteiger partial charge is 0.479 e. The average Bonchev–Trinajstić information content (AvgIpc) is 2.50. The molecule has 1 unspecified atom stereocenters. The first-order chi connectivity index (χ1) is 10.1. The molecule has 0 aliphatic carbocycles. The maximum absolute atomic E-state index is 11.9.